The number of ether oxygens (including phenoxy) is 3. The number of methoxy groups -OCH3 is 3. The lowest BCUT2D eigenvalue weighted by Gasteiger charge is -2.32. The number of hydrogen-bond donors (Lipinski definition) is 0. The highest BCUT2D eigenvalue weighted by molar-refractivity contribution is 6.07. The van der Waals surface area contributed by atoms with Crippen molar-refractivity contribution in [2.75, 3.05) is 27.9 Å². The predicted molar refractivity (Wildman–Crippen MR) is 151 cm³/mol. The molecular formula is C31H33N3O5. The number of aromatic nitrogens is 2. The van der Waals surface area contributed by atoms with Crippen LogP contribution in [0.4, 0.5) is 0 Å². The Balaban J connectivity index is 1.71. The molecule has 0 N–H and O–H groups in total. The van der Waals surface area contributed by atoms with Crippen LogP contribution in [0.3, 0.4) is 0 Å². The maximum absolute atomic E-state index is 14.5. The van der Waals surface area contributed by atoms with Gasteiger partial charge in [0.15, 0.2) is 11.5 Å². The first-order chi connectivity index (χ1) is 18.9. The number of aryl methyl sites for hydroxylation is 1. The van der Waals surface area contributed by atoms with E-state index in [9.17, 15) is 9.59 Å². The number of amides is 1. The molecule has 0 saturated heterocycles. The normalized spacial score (nSPS) is 15.5. The Bertz CT molecular complexity index is 1570. The molecule has 1 unspecified atom stereocenters. The van der Waals surface area contributed by atoms with Crippen molar-refractivity contribution in [1.82, 2.24) is 14.5 Å². The van der Waals surface area contributed by atoms with E-state index in [1.54, 1.807) is 38.2 Å². The topological polar surface area (TPSA) is 82.9 Å². The fraction of sp³-hybridized carbons (Fsp3) is 0.323. The minimum atomic E-state index is -0.244. The third-order valence-electron chi connectivity index (χ3n) is 7.34. The van der Waals surface area contributed by atoms with Crippen LogP contribution in [0.5, 0.6) is 17.2 Å². The average molecular weight is 528 g/mol. The Kier molecular flexibility index (Phi) is 7.28. The first-order valence-electron chi connectivity index (χ1n) is 13.0. The molecule has 8 nitrogen and oxygen atoms in total. The van der Waals surface area contributed by atoms with Crippen LogP contribution in [0, 0.1) is 12.8 Å². The van der Waals surface area contributed by atoms with Crippen molar-refractivity contribution in [2.45, 2.75) is 33.4 Å². The molecule has 0 bridgehead atoms. The second kappa shape index (κ2) is 10.8. The number of rotatable bonds is 6. The van der Waals surface area contributed by atoms with Crippen LogP contribution < -0.4 is 19.8 Å². The molecule has 39 heavy (non-hydrogen) atoms. The molecule has 0 radical (unpaired) electrons. The van der Waals surface area contributed by atoms with Crippen LogP contribution >= 0.6 is 0 Å². The van der Waals surface area contributed by atoms with E-state index >= 15 is 0 Å². The van der Waals surface area contributed by atoms with Crippen LogP contribution in [0.15, 0.2) is 59.5 Å². The van der Waals surface area contributed by atoms with Gasteiger partial charge < -0.3 is 23.7 Å². The number of hydrogen-bond acceptors (Lipinski definition) is 6. The molecule has 1 aliphatic heterocycles. The standard InChI is InChI=1S/C31H33N3O5/c1-19-8-10-22(11-9-19)26-23-7-6-13-32-27(23)30(35)34-14-12-20(2)17-33(31(36)28(26)34)18-21-15-24(37-3)29(39-5)25(16-21)38-4/h6-11,13,15-16,20H,12,14,17-18H2,1-5H3. The Morgan fingerprint density at radius 2 is 1.67 bits per heavy atom. The van der Waals surface area contributed by atoms with E-state index in [4.69, 9.17) is 14.2 Å². The van der Waals surface area contributed by atoms with Crippen molar-refractivity contribution in [2.24, 2.45) is 5.92 Å². The summed E-state index contributed by atoms with van der Waals surface area (Å²) < 4.78 is 18.2. The van der Waals surface area contributed by atoms with E-state index in [2.05, 4.69) is 11.9 Å². The predicted octanol–water partition coefficient (Wildman–Crippen LogP) is 5.08. The Labute approximate surface area is 227 Å². The van der Waals surface area contributed by atoms with Crippen molar-refractivity contribution in [3.8, 4) is 28.4 Å². The highest BCUT2D eigenvalue weighted by atomic mass is 16.5. The summed E-state index contributed by atoms with van der Waals surface area (Å²) in [7, 11) is 4.70. The van der Waals surface area contributed by atoms with Crippen LogP contribution in [0.2, 0.25) is 0 Å². The summed E-state index contributed by atoms with van der Waals surface area (Å²) in [4.78, 5) is 34.4. The Hall–Kier alpha value is -4.33. The molecular weight excluding hydrogens is 494 g/mol. The van der Waals surface area contributed by atoms with Crippen molar-refractivity contribution in [3.63, 3.8) is 0 Å². The maximum Gasteiger partial charge on any atom is 0.277 e. The molecule has 3 heterocycles. The molecule has 2 aromatic carbocycles. The van der Waals surface area contributed by atoms with E-state index < -0.39 is 0 Å². The zero-order valence-corrected chi connectivity index (χ0v) is 23.0. The van der Waals surface area contributed by atoms with Crippen molar-refractivity contribution >= 4 is 16.8 Å². The van der Waals surface area contributed by atoms with Crippen LogP contribution in [-0.2, 0) is 13.1 Å². The first-order valence-corrected chi connectivity index (χ1v) is 13.0. The SMILES string of the molecule is COc1cc(CN2CC(C)CCn3c(c(-c4ccc(C)cc4)c4cccnc4c3=O)C2=O)cc(OC)c1OC. The van der Waals surface area contributed by atoms with E-state index in [-0.39, 0.29) is 17.4 Å². The van der Waals surface area contributed by atoms with E-state index in [1.165, 1.54) is 0 Å². The van der Waals surface area contributed by atoms with Gasteiger partial charge in [-0.15, -0.1) is 0 Å². The van der Waals surface area contributed by atoms with E-state index in [1.807, 2.05) is 54.3 Å². The first kappa shape index (κ1) is 26.3. The van der Waals surface area contributed by atoms with Gasteiger partial charge in [0.1, 0.15) is 11.2 Å². The van der Waals surface area contributed by atoms with E-state index in [0.717, 1.165) is 28.7 Å². The molecule has 1 aliphatic rings. The van der Waals surface area contributed by atoms with E-state index in [0.29, 0.717) is 53.5 Å². The largest absolute Gasteiger partial charge is 0.493 e. The number of fused-ring (bicyclic) bond motifs is 2. The number of carbonyl (C=O) groups excluding carboxylic acids is 1. The van der Waals surface area contributed by atoms with Crippen LogP contribution in [-0.4, -0.2) is 48.2 Å². The fourth-order valence-corrected chi connectivity index (χ4v) is 5.35. The average Bonchev–Trinajstić information content (AvgIpc) is 2.95. The fourth-order valence-electron chi connectivity index (χ4n) is 5.35. The minimum Gasteiger partial charge on any atom is -0.493 e. The van der Waals surface area contributed by atoms with Gasteiger partial charge in [0, 0.05) is 36.8 Å². The van der Waals surface area contributed by atoms with Gasteiger partial charge in [-0.25, -0.2) is 0 Å². The summed E-state index contributed by atoms with van der Waals surface area (Å²) >= 11 is 0. The quantitative estimate of drug-likeness (QED) is 0.348. The molecule has 1 atom stereocenters. The highest BCUT2D eigenvalue weighted by Gasteiger charge is 2.31. The Morgan fingerprint density at radius 1 is 0.974 bits per heavy atom. The summed E-state index contributed by atoms with van der Waals surface area (Å²) in [6, 6.07) is 15.4. The van der Waals surface area contributed by atoms with Gasteiger partial charge >= 0.3 is 0 Å². The summed E-state index contributed by atoms with van der Waals surface area (Å²) in [5.74, 6) is 1.52. The van der Waals surface area contributed by atoms with Gasteiger partial charge in [-0.05, 0) is 48.6 Å². The molecule has 8 heteroatoms. The van der Waals surface area contributed by atoms with Gasteiger partial charge in [0.2, 0.25) is 5.75 Å². The molecule has 1 amide bonds. The van der Waals surface area contributed by atoms with Crippen LogP contribution in [0.25, 0.3) is 22.0 Å². The van der Waals surface area contributed by atoms with Gasteiger partial charge in [0.05, 0.1) is 21.3 Å². The van der Waals surface area contributed by atoms with Gasteiger partial charge in [-0.1, -0.05) is 42.8 Å². The molecule has 2 aromatic heterocycles. The third kappa shape index (κ3) is 4.82. The summed E-state index contributed by atoms with van der Waals surface area (Å²) in [5, 5.41) is 0.673. The summed E-state index contributed by atoms with van der Waals surface area (Å²) in [6.45, 7) is 5.43. The minimum absolute atomic E-state index is 0.179. The number of carbonyl (C=O) groups is 1. The summed E-state index contributed by atoms with van der Waals surface area (Å²) in [5.41, 5.74) is 4.06. The van der Waals surface area contributed by atoms with Gasteiger partial charge in [-0.3, -0.25) is 14.6 Å². The zero-order chi connectivity index (χ0) is 27.7. The number of pyridine rings is 2. The second-order valence-electron chi connectivity index (χ2n) is 10.1. The molecule has 0 aliphatic carbocycles. The monoisotopic (exact) mass is 527 g/mol. The smallest absolute Gasteiger partial charge is 0.277 e. The summed E-state index contributed by atoms with van der Waals surface area (Å²) in [6.07, 6.45) is 2.37. The Morgan fingerprint density at radius 3 is 2.31 bits per heavy atom. The molecule has 202 valence electrons. The van der Waals surface area contributed by atoms with Crippen molar-refractivity contribution in [3.05, 3.63) is 81.9 Å². The lowest BCUT2D eigenvalue weighted by Crippen LogP contribution is -2.41. The molecule has 0 saturated carbocycles. The van der Waals surface area contributed by atoms with Gasteiger partial charge in [0.25, 0.3) is 11.5 Å². The second-order valence-corrected chi connectivity index (χ2v) is 10.1. The molecule has 0 spiro atoms. The molecule has 5 rings (SSSR count). The van der Waals surface area contributed by atoms with Crippen molar-refractivity contribution in [1.29, 1.82) is 0 Å². The number of benzene rings is 2. The van der Waals surface area contributed by atoms with Crippen molar-refractivity contribution < 1.29 is 19.0 Å². The third-order valence-corrected chi connectivity index (χ3v) is 7.34. The highest BCUT2D eigenvalue weighted by Crippen LogP contribution is 2.39. The maximum atomic E-state index is 14.5. The molecule has 4 aromatic rings. The lowest BCUT2D eigenvalue weighted by molar-refractivity contribution is 0.0686. The van der Waals surface area contributed by atoms with Gasteiger partial charge in [-0.2, -0.15) is 0 Å². The zero-order valence-electron chi connectivity index (χ0n) is 23.0. The molecule has 0 fully saturated rings. The van der Waals surface area contributed by atoms with Crippen LogP contribution in [0.1, 0.15) is 35.0 Å². The number of nitrogens with zero attached hydrogens (tertiary/aromatic N) is 3. The lowest BCUT2D eigenvalue weighted by atomic mass is 9.95.